The monoisotopic (exact) mass is 251 g/mol. The number of pyridine rings is 1. The normalized spacial score (nSPS) is 13.8. The van der Waals surface area contributed by atoms with Gasteiger partial charge in [0.2, 0.25) is 11.8 Å². The smallest absolute Gasteiger partial charge is 0.240 e. The van der Waals surface area contributed by atoms with Crippen LogP contribution >= 0.6 is 0 Å². The summed E-state index contributed by atoms with van der Waals surface area (Å²) in [6.45, 7) is 4.10. The molecule has 1 heterocycles. The lowest BCUT2D eigenvalue weighted by Gasteiger charge is -2.22. The van der Waals surface area contributed by atoms with E-state index in [9.17, 15) is 4.79 Å². The fourth-order valence-corrected chi connectivity index (χ4v) is 1.68. The van der Waals surface area contributed by atoms with Crippen LogP contribution in [0.3, 0.4) is 0 Å². The summed E-state index contributed by atoms with van der Waals surface area (Å²) in [7, 11) is 1.56. The van der Waals surface area contributed by atoms with Crippen molar-refractivity contribution < 1.29 is 9.53 Å². The summed E-state index contributed by atoms with van der Waals surface area (Å²) in [4.78, 5) is 16.1. The van der Waals surface area contributed by atoms with Gasteiger partial charge in [0.15, 0.2) is 0 Å². The second-order valence-corrected chi connectivity index (χ2v) is 4.52. The highest BCUT2D eigenvalue weighted by Crippen LogP contribution is 2.10. The SMILES string of the molecule is CCCC(C)(N)C(=O)NCc1cccc(OC)n1. The standard InChI is InChI=1S/C13H21N3O2/c1-4-8-13(2,14)12(17)15-9-10-6-5-7-11(16-10)18-3/h5-7H,4,8-9,14H2,1-3H3,(H,15,17). The van der Waals surface area contributed by atoms with E-state index in [1.807, 2.05) is 19.1 Å². The zero-order chi connectivity index (χ0) is 13.6. The lowest BCUT2D eigenvalue weighted by atomic mass is 9.96. The molecule has 0 aromatic carbocycles. The molecule has 1 atom stereocenters. The summed E-state index contributed by atoms with van der Waals surface area (Å²) in [6.07, 6.45) is 1.53. The van der Waals surface area contributed by atoms with Crippen LogP contribution in [-0.4, -0.2) is 23.5 Å². The molecule has 18 heavy (non-hydrogen) atoms. The first-order valence-corrected chi connectivity index (χ1v) is 6.06. The first-order valence-electron chi connectivity index (χ1n) is 6.06. The van der Waals surface area contributed by atoms with Gasteiger partial charge in [-0.05, 0) is 19.4 Å². The third-order valence-corrected chi connectivity index (χ3v) is 2.71. The van der Waals surface area contributed by atoms with Crippen LogP contribution in [0.5, 0.6) is 5.88 Å². The Bertz CT molecular complexity index is 405. The fraction of sp³-hybridized carbons (Fsp3) is 0.538. The van der Waals surface area contributed by atoms with Crippen LogP contribution in [0.1, 0.15) is 32.4 Å². The van der Waals surface area contributed by atoms with Gasteiger partial charge in [0, 0.05) is 6.07 Å². The Morgan fingerprint density at radius 1 is 1.56 bits per heavy atom. The molecule has 1 aromatic rings. The van der Waals surface area contributed by atoms with Crippen molar-refractivity contribution in [2.75, 3.05) is 7.11 Å². The van der Waals surface area contributed by atoms with E-state index in [2.05, 4.69) is 10.3 Å². The maximum atomic E-state index is 11.9. The summed E-state index contributed by atoms with van der Waals surface area (Å²) < 4.78 is 5.02. The fourth-order valence-electron chi connectivity index (χ4n) is 1.68. The zero-order valence-corrected chi connectivity index (χ0v) is 11.2. The molecule has 0 bridgehead atoms. The van der Waals surface area contributed by atoms with Crippen LogP contribution in [-0.2, 0) is 11.3 Å². The van der Waals surface area contributed by atoms with Crippen LogP contribution in [0, 0.1) is 0 Å². The Balaban J connectivity index is 2.56. The molecule has 1 aromatic heterocycles. The highest BCUT2D eigenvalue weighted by Gasteiger charge is 2.26. The molecule has 0 spiro atoms. The number of ether oxygens (including phenoxy) is 1. The van der Waals surface area contributed by atoms with E-state index in [1.165, 1.54) is 0 Å². The van der Waals surface area contributed by atoms with E-state index < -0.39 is 5.54 Å². The number of aromatic nitrogens is 1. The molecule has 1 amide bonds. The van der Waals surface area contributed by atoms with Gasteiger partial charge >= 0.3 is 0 Å². The van der Waals surface area contributed by atoms with Crippen molar-refractivity contribution in [3.05, 3.63) is 23.9 Å². The van der Waals surface area contributed by atoms with E-state index in [1.54, 1.807) is 20.1 Å². The molecule has 0 aliphatic carbocycles. The van der Waals surface area contributed by atoms with Gasteiger partial charge in [0.25, 0.3) is 0 Å². The van der Waals surface area contributed by atoms with E-state index in [0.29, 0.717) is 18.8 Å². The highest BCUT2D eigenvalue weighted by molar-refractivity contribution is 5.85. The number of methoxy groups -OCH3 is 1. The minimum Gasteiger partial charge on any atom is -0.481 e. The molecule has 1 unspecified atom stereocenters. The van der Waals surface area contributed by atoms with Crippen molar-refractivity contribution in [2.45, 2.75) is 38.8 Å². The maximum Gasteiger partial charge on any atom is 0.240 e. The van der Waals surface area contributed by atoms with Gasteiger partial charge in [0.1, 0.15) is 0 Å². The third-order valence-electron chi connectivity index (χ3n) is 2.71. The summed E-state index contributed by atoms with van der Waals surface area (Å²) in [5, 5.41) is 2.79. The van der Waals surface area contributed by atoms with Crippen molar-refractivity contribution in [1.82, 2.24) is 10.3 Å². The molecule has 5 nitrogen and oxygen atoms in total. The number of hydrogen-bond donors (Lipinski definition) is 2. The van der Waals surface area contributed by atoms with Crippen molar-refractivity contribution >= 4 is 5.91 Å². The Morgan fingerprint density at radius 3 is 2.89 bits per heavy atom. The number of nitrogens with two attached hydrogens (primary N) is 1. The predicted molar refractivity (Wildman–Crippen MR) is 70.1 cm³/mol. The molecule has 0 saturated carbocycles. The molecular weight excluding hydrogens is 230 g/mol. The summed E-state index contributed by atoms with van der Waals surface area (Å²) in [5.41, 5.74) is 5.85. The topological polar surface area (TPSA) is 77.2 Å². The Kier molecular flexibility index (Phi) is 5.09. The second-order valence-electron chi connectivity index (χ2n) is 4.52. The molecule has 100 valence electrons. The number of nitrogens with zero attached hydrogens (tertiary/aromatic N) is 1. The third kappa shape index (κ3) is 4.00. The van der Waals surface area contributed by atoms with E-state index in [-0.39, 0.29) is 5.91 Å². The van der Waals surface area contributed by atoms with Crippen LogP contribution in [0.2, 0.25) is 0 Å². The van der Waals surface area contributed by atoms with Gasteiger partial charge in [-0.3, -0.25) is 4.79 Å². The molecule has 0 radical (unpaired) electrons. The van der Waals surface area contributed by atoms with E-state index >= 15 is 0 Å². The average molecular weight is 251 g/mol. The Morgan fingerprint density at radius 2 is 2.28 bits per heavy atom. The summed E-state index contributed by atoms with van der Waals surface area (Å²) >= 11 is 0. The van der Waals surface area contributed by atoms with Gasteiger partial charge in [-0.2, -0.15) is 0 Å². The van der Waals surface area contributed by atoms with Crippen molar-refractivity contribution in [3.8, 4) is 5.88 Å². The Hall–Kier alpha value is -1.62. The zero-order valence-electron chi connectivity index (χ0n) is 11.2. The largest absolute Gasteiger partial charge is 0.481 e. The van der Waals surface area contributed by atoms with E-state index in [4.69, 9.17) is 10.5 Å². The number of carbonyl (C=O) groups excluding carboxylic acids is 1. The van der Waals surface area contributed by atoms with Crippen molar-refractivity contribution in [3.63, 3.8) is 0 Å². The highest BCUT2D eigenvalue weighted by atomic mass is 16.5. The quantitative estimate of drug-likeness (QED) is 0.797. The number of nitrogens with one attached hydrogen (secondary N) is 1. The molecule has 5 heteroatoms. The molecular formula is C13H21N3O2. The lowest BCUT2D eigenvalue weighted by Crippen LogP contribution is -2.51. The lowest BCUT2D eigenvalue weighted by molar-refractivity contribution is -0.126. The average Bonchev–Trinajstić information content (AvgIpc) is 2.36. The van der Waals surface area contributed by atoms with Gasteiger partial charge < -0.3 is 15.8 Å². The van der Waals surface area contributed by atoms with Crippen LogP contribution in [0.15, 0.2) is 18.2 Å². The molecule has 0 fully saturated rings. The molecule has 0 aliphatic rings. The number of rotatable bonds is 6. The minimum absolute atomic E-state index is 0.158. The van der Waals surface area contributed by atoms with E-state index in [0.717, 1.165) is 12.1 Å². The summed E-state index contributed by atoms with van der Waals surface area (Å²) in [6, 6.07) is 5.42. The first-order chi connectivity index (χ1) is 8.49. The number of amides is 1. The number of hydrogen-bond acceptors (Lipinski definition) is 4. The molecule has 0 aliphatic heterocycles. The van der Waals surface area contributed by atoms with Crippen molar-refractivity contribution in [2.24, 2.45) is 5.73 Å². The second kappa shape index (κ2) is 6.35. The van der Waals surface area contributed by atoms with Gasteiger partial charge in [-0.25, -0.2) is 4.98 Å². The minimum atomic E-state index is -0.826. The van der Waals surface area contributed by atoms with Crippen LogP contribution in [0.25, 0.3) is 0 Å². The molecule has 1 rings (SSSR count). The maximum absolute atomic E-state index is 11.9. The van der Waals surface area contributed by atoms with Gasteiger partial charge in [-0.15, -0.1) is 0 Å². The summed E-state index contributed by atoms with van der Waals surface area (Å²) in [5.74, 6) is 0.375. The Labute approximate surface area is 108 Å². The van der Waals surface area contributed by atoms with Crippen LogP contribution < -0.4 is 15.8 Å². The number of carbonyl (C=O) groups is 1. The van der Waals surface area contributed by atoms with Gasteiger partial charge in [0.05, 0.1) is 24.9 Å². The first kappa shape index (κ1) is 14.4. The molecule has 3 N–H and O–H groups in total. The van der Waals surface area contributed by atoms with Gasteiger partial charge in [-0.1, -0.05) is 19.4 Å². The van der Waals surface area contributed by atoms with Crippen molar-refractivity contribution in [1.29, 1.82) is 0 Å². The van der Waals surface area contributed by atoms with Crippen LogP contribution in [0.4, 0.5) is 0 Å². The predicted octanol–water partition coefficient (Wildman–Crippen LogP) is 1.22. The molecule has 0 saturated heterocycles.